The highest BCUT2D eigenvalue weighted by molar-refractivity contribution is 7.85. The predicted octanol–water partition coefficient (Wildman–Crippen LogP) is 9.95. The number of rotatable bonds is 39. The van der Waals surface area contributed by atoms with Crippen molar-refractivity contribution in [1.82, 2.24) is 0 Å². The normalized spacial score (nSPS) is 20.4. The fourth-order valence-corrected chi connectivity index (χ4v) is 7.79. The Balaban J connectivity index is 2.40. The summed E-state index contributed by atoms with van der Waals surface area (Å²) in [7, 11) is -4.61. The highest BCUT2D eigenvalue weighted by atomic mass is 32.2. The number of unbranched alkanes of at least 4 members (excludes halogenated alkanes) is 22. The number of allylic oxidation sites excluding steroid dienone is 8. The predicted molar refractivity (Wildman–Crippen MR) is 242 cm³/mol. The third kappa shape index (κ3) is 32.9. The summed E-state index contributed by atoms with van der Waals surface area (Å²) in [4.78, 5) is 25.4. The Kier molecular flexibility index (Phi) is 35.4. The molecule has 12 nitrogen and oxygen atoms in total. The third-order valence-corrected chi connectivity index (χ3v) is 11.5. The Morgan fingerprint density at radius 3 is 1.54 bits per heavy atom. The van der Waals surface area contributed by atoms with Crippen LogP contribution in [-0.2, 0) is 38.7 Å². The van der Waals surface area contributed by atoms with Crippen LogP contribution in [0.4, 0.5) is 0 Å². The van der Waals surface area contributed by atoms with Crippen molar-refractivity contribution >= 4 is 22.1 Å². The van der Waals surface area contributed by atoms with Crippen molar-refractivity contribution in [3.8, 4) is 0 Å². The summed E-state index contributed by atoms with van der Waals surface area (Å²) < 4.78 is 54.0. The smallest absolute Gasteiger partial charge is 0.306 e. The van der Waals surface area contributed by atoms with Gasteiger partial charge in [-0.15, -0.1) is 0 Å². The van der Waals surface area contributed by atoms with Crippen LogP contribution < -0.4 is 0 Å². The molecule has 13 heteroatoms. The van der Waals surface area contributed by atoms with Gasteiger partial charge in [-0.3, -0.25) is 14.1 Å². The van der Waals surface area contributed by atoms with Crippen LogP contribution in [0.25, 0.3) is 0 Å². The molecule has 0 aromatic rings. The van der Waals surface area contributed by atoms with Crippen molar-refractivity contribution in [2.24, 2.45) is 0 Å². The van der Waals surface area contributed by atoms with Crippen LogP contribution in [0.2, 0.25) is 0 Å². The van der Waals surface area contributed by atoms with Crippen molar-refractivity contribution in [2.45, 2.75) is 224 Å². The Bertz CT molecular complexity index is 1310. The molecule has 1 fully saturated rings. The van der Waals surface area contributed by atoms with Crippen LogP contribution in [0.15, 0.2) is 48.6 Å². The van der Waals surface area contributed by atoms with Crippen LogP contribution in [0.3, 0.4) is 0 Å². The van der Waals surface area contributed by atoms with Gasteiger partial charge in [0.2, 0.25) is 0 Å². The minimum atomic E-state index is -4.61. The van der Waals surface area contributed by atoms with E-state index in [0.717, 1.165) is 44.9 Å². The summed E-state index contributed by atoms with van der Waals surface area (Å²) >= 11 is 0. The number of hydrogen-bond donors (Lipinski definition) is 4. The fourth-order valence-electron chi connectivity index (χ4n) is 7.10. The molecule has 1 saturated heterocycles. The van der Waals surface area contributed by atoms with Crippen LogP contribution in [0.1, 0.15) is 187 Å². The molecular weight excluding hydrogens is 801 g/mol. The van der Waals surface area contributed by atoms with Gasteiger partial charge in [-0.25, -0.2) is 0 Å². The van der Waals surface area contributed by atoms with Gasteiger partial charge in [0.1, 0.15) is 36.8 Å². The quantitative estimate of drug-likeness (QED) is 0.0198. The summed E-state index contributed by atoms with van der Waals surface area (Å²) in [6.45, 7) is 3.60. The molecule has 0 bridgehead atoms. The Hall–Kier alpha value is -2.39. The maximum absolute atomic E-state index is 12.8. The first-order chi connectivity index (χ1) is 29.5. The van der Waals surface area contributed by atoms with Crippen molar-refractivity contribution < 1.29 is 56.8 Å². The Morgan fingerprint density at radius 2 is 1.03 bits per heavy atom. The standard InChI is InChI=1S/C48H84O12S/c1-3-5-7-9-11-13-15-17-18-19-20-21-22-23-25-26-28-30-32-34-36-43(49)57-38-41(39-58-48-47(53)46(52)45(51)42(60-48)40-61(54,55)56)59-44(50)37-35-33-31-29-27-24-16-14-12-10-8-6-4-2/h6,8,10,12,14,16,24,27,41-42,45-48,51-53H,3-5,7,9,11,13,15,17-23,25-26,28-40H2,1-2H3,(H,54,55,56)/b8-6+,12-10+,16-14+,27-24+/t41?,42-,45-,46?,47?,48+/m1/s1. The summed E-state index contributed by atoms with van der Waals surface area (Å²) in [5, 5.41) is 30.9. The zero-order chi connectivity index (χ0) is 44.8. The molecule has 1 aliphatic heterocycles. The molecule has 0 amide bonds. The fraction of sp³-hybridized carbons (Fsp3) is 0.792. The monoisotopic (exact) mass is 885 g/mol. The first-order valence-electron chi connectivity index (χ1n) is 23.7. The lowest BCUT2D eigenvalue weighted by atomic mass is 10.00. The minimum absolute atomic E-state index is 0.118. The van der Waals surface area contributed by atoms with Gasteiger partial charge in [-0.2, -0.15) is 8.42 Å². The SMILES string of the molecule is CC/C=C/C=C/C=C/C=C/CCCCCC(=O)OC(COC(=O)CCCCCCCCCCCCCCCCCCCCCC)CO[C@H]1O[C@H](CS(=O)(=O)O)[C@@H](O)C(O)C1O. The van der Waals surface area contributed by atoms with E-state index >= 15 is 0 Å². The highest BCUT2D eigenvalue weighted by Crippen LogP contribution is 2.24. The molecule has 1 rings (SSSR count). The average molecular weight is 885 g/mol. The molecule has 0 aliphatic carbocycles. The molecular formula is C48H84O12S. The number of carbonyl (C=O) groups excluding carboxylic acids is 2. The van der Waals surface area contributed by atoms with Crippen molar-refractivity contribution in [3.63, 3.8) is 0 Å². The van der Waals surface area contributed by atoms with Gasteiger partial charge in [0.25, 0.3) is 10.1 Å². The van der Waals surface area contributed by atoms with Crippen molar-refractivity contribution in [3.05, 3.63) is 48.6 Å². The molecule has 61 heavy (non-hydrogen) atoms. The third-order valence-electron chi connectivity index (χ3n) is 10.8. The lowest BCUT2D eigenvalue weighted by Gasteiger charge is -2.40. The molecule has 1 aliphatic rings. The first kappa shape index (κ1) is 56.6. The zero-order valence-electron chi connectivity index (χ0n) is 37.8. The van der Waals surface area contributed by atoms with Gasteiger partial charge in [0.15, 0.2) is 12.4 Å². The maximum Gasteiger partial charge on any atom is 0.306 e. The van der Waals surface area contributed by atoms with E-state index in [0.29, 0.717) is 12.8 Å². The number of carbonyl (C=O) groups is 2. The van der Waals surface area contributed by atoms with E-state index < -0.39 is 71.2 Å². The van der Waals surface area contributed by atoms with Gasteiger partial charge >= 0.3 is 11.9 Å². The lowest BCUT2D eigenvalue weighted by molar-refractivity contribution is -0.297. The first-order valence-corrected chi connectivity index (χ1v) is 25.4. The van der Waals surface area contributed by atoms with E-state index in [1.54, 1.807) is 0 Å². The number of esters is 2. The largest absolute Gasteiger partial charge is 0.462 e. The number of aliphatic hydroxyl groups is 3. The topological polar surface area (TPSA) is 186 Å². The molecule has 0 spiro atoms. The van der Waals surface area contributed by atoms with Crippen LogP contribution in [0.5, 0.6) is 0 Å². The van der Waals surface area contributed by atoms with E-state index in [9.17, 15) is 37.9 Å². The van der Waals surface area contributed by atoms with Gasteiger partial charge in [0.05, 0.1) is 6.61 Å². The van der Waals surface area contributed by atoms with Crippen LogP contribution in [0, 0.1) is 0 Å². The van der Waals surface area contributed by atoms with E-state index in [2.05, 4.69) is 26.0 Å². The molecule has 6 atom stereocenters. The van der Waals surface area contributed by atoms with Crippen LogP contribution in [-0.4, -0.2) is 96.0 Å². The van der Waals surface area contributed by atoms with Gasteiger partial charge in [-0.1, -0.05) is 191 Å². The van der Waals surface area contributed by atoms with Gasteiger partial charge < -0.3 is 34.3 Å². The van der Waals surface area contributed by atoms with E-state index in [1.165, 1.54) is 103 Å². The summed E-state index contributed by atoms with van der Waals surface area (Å²) in [5.74, 6) is -2.03. The Labute approximate surface area is 369 Å². The number of ether oxygens (including phenoxy) is 4. The molecule has 0 aromatic carbocycles. The second-order valence-corrected chi connectivity index (χ2v) is 18.0. The molecule has 0 saturated carbocycles. The molecule has 1 heterocycles. The molecule has 3 unspecified atom stereocenters. The van der Waals surface area contributed by atoms with Crippen molar-refractivity contribution in [1.29, 1.82) is 0 Å². The van der Waals surface area contributed by atoms with Crippen molar-refractivity contribution in [2.75, 3.05) is 19.0 Å². The molecule has 0 radical (unpaired) electrons. The highest BCUT2D eigenvalue weighted by Gasteiger charge is 2.46. The zero-order valence-corrected chi connectivity index (χ0v) is 38.6. The van der Waals surface area contributed by atoms with E-state index in [4.69, 9.17) is 18.9 Å². The second kappa shape index (κ2) is 38.1. The molecule has 0 aromatic heterocycles. The molecule has 4 N–H and O–H groups in total. The molecule has 354 valence electrons. The number of hydrogen-bond acceptors (Lipinski definition) is 11. The van der Waals surface area contributed by atoms with Gasteiger partial charge in [-0.05, 0) is 32.1 Å². The Morgan fingerprint density at radius 1 is 0.574 bits per heavy atom. The number of aliphatic hydroxyl groups excluding tert-OH is 3. The van der Waals surface area contributed by atoms with E-state index in [1.807, 2.05) is 36.5 Å². The summed E-state index contributed by atoms with van der Waals surface area (Å²) in [5.41, 5.74) is 0. The van der Waals surface area contributed by atoms with Crippen LogP contribution >= 0.6 is 0 Å². The second-order valence-electron chi connectivity index (χ2n) is 16.5. The minimum Gasteiger partial charge on any atom is -0.462 e. The average Bonchev–Trinajstić information content (AvgIpc) is 3.22. The summed E-state index contributed by atoms with van der Waals surface area (Å²) in [6.07, 6.45) is 36.0. The van der Waals surface area contributed by atoms with Gasteiger partial charge in [0, 0.05) is 12.8 Å². The lowest BCUT2D eigenvalue weighted by Crippen LogP contribution is -2.60. The maximum atomic E-state index is 12.8. The summed E-state index contributed by atoms with van der Waals surface area (Å²) in [6, 6.07) is 0. The van der Waals surface area contributed by atoms with E-state index in [-0.39, 0.29) is 19.4 Å².